The van der Waals surface area contributed by atoms with E-state index in [2.05, 4.69) is 34.4 Å². The molecule has 0 unspecified atom stereocenters. The van der Waals surface area contributed by atoms with E-state index in [0.29, 0.717) is 12.6 Å². The van der Waals surface area contributed by atoms with Gasteiger partial charge in [-0.3, -0.25) is 0 Å². The van der Waals surface area contributed by atoms with Gasteiger partial charge in [-0.05, 0) is 38.0 Å². The van der Waals surface area contributed by atoms with Gasteiger partial charge >= 0.3 is 0 Å². The normalized spacial score (nSPS) is 22.0. The molecule has 0 radical (unpaired) electrons. The van der Waals surface area contributed by atoms with Gasteiger partial charge in [0.15, 0.2) is 5.82 Å². The fraction of sp³-hybridized carbons (Fsp3) is 0.750. The molecule has 118 valence electrons. The van der Waals surface area contributed by atoms with Crippen molar-refractivity contribution in [3.05, 3.63) is 11.9 Å². The lowest BCUT2D eigenvalue weighted by molar-refractivity contribution is 0.178. The van der Waals surface area contributed by atoms with Crippen LogP contribution in [0.4, 0.5) is 11.6 Å². The molecule has 1 fully saturated rings. The molecule has 0 aliphatic heterocycles. The van der Waals surface area contributed by atoms with Crippen molar-refractivity contribution in [2.45, 2.75) is 58.6 Å². The lowest BCUT2D eigenvalue weighted by Crippen LogP contribution is -2.26. The summed E-state index contributed by atoms with van der Waals surface area (Å²) in [6.45, 7) is 5.85. The molecule has 1 aliphatic rings. The fourth-order valence-corrected chi connectivity index (χ4v) is 2.72. The second-order valence-corrected chi connectivity index (χ2v) is 6.02. The summed E-state index contributed by atoms with van der Waals surface area (Å²) in [5.41, 5.74) is 0. The van der Waals surface area contributed by atoms with Crippen LogP contribution in [0.15, 0.2) is 6.07 Å². The summed E-state index contributed by atoms with van der Waals surface area (Å²) in [6.07, 6.45) is 6.13. The van der Waals surface area contributed by atoms with E-state index < -0.39 is 0 Å². The smallest absolute Gasteiger partial charge is 0.158 e. The Labute approximate surface area is 127 Å². The Morgan fingerprint density at radius 3 is 2.57 bits per heavy atom. The molecule has 1 heterocycles. The molecule has 0 spiro atoms. The third-order valence-electron chi connectivity index (χ3n) is 3.97. The van der Waals surface area contributed by atoms with E-state index in [1.807, 2.05) is 6.07 Å². The first kappa shape index (κ1) is 16.0. The van der Waals surface area contributed by atoms with Crippen LogP contribution in [-0.4, -0.2) is 29.7 Å². The highest BCUT2D eigenvalue weighted by molar-refractivity contribution is 5.48. The average Bonchev–Trinajstić information content (AvgIpc) is 2.48. The third-order valence-corrected chi connectivity index (χ3v) is 3.97. The summed E-state index contributed by atoms with van der Waals surface area (Å²) < 4.78 is 5.17. The number of aromatic nitrogens is 2. The van der Waals surface area contributed by atoms with Gasteiger partial charge in [-0.15, -0.1) is 0 Å². The maximum atomic E-state index is 5.17. The maximum Gasteiger partial charge on any atom is 0.158 e. The van der Waals surface area contributed by atoms with Gasteiger partial charge in [-0.25, -0.2) is 9.97 Å². The zero-order valence-electron chi connectivity index (χ0n) is 13.5. The van der Waals surface area contributed by atoms with Crippen LogP contribution in [0.25, 0.3) is 0 Å². The van der Waals surface area contributed by atoms with Gasteiger partial charge in [-0.2, -0.15) is 0 Å². The number of hydrogen-bond donors (Lipinski definition) is 2. The van der Waals surface area contributed by atoms with Gasteiger partial charge in [0.2, 0.25) is 0 Å². The van der Waals surface area contributed by atoms with Crippen LogP contribution in [0.3, 0.4) is 0 Å². The molecule has 5 nitrogen and oxygen atoms in total. The van der Waals surface area contributed by atoms with Crippen molar-refractivity contribution in [2.24, 2.45) is 5.92 Å². The third kappa shape index (κ3) is 5.16. The SMILES string of the molecule is CCCNc1cc(NC2CCC(C)CC2)nc(COC)n1. The van der Waals surface area contributed by atoms with Crippen molar-refractivity contribution in [1.29, 1.82) is 0 Å². The van der Waals surface area contributed by atoms with E-state index in [-0.39, 0.29) is 0 Å². The second kappa shape index (κ2) is 8.17. The molecular weight excluding hydrogens is 264 g/mol. The van der Waals surface area contributed by atoms with E-state index in [4.69, 9.17) is 4.74 Å². The largest absolute Gasteiger partial charge is 0.377 e. The maximum absolute atomic E-state index is 5.17. The predicted molar refractivity (Wildman–Crippen MR) is 86.6 cm³/mol. The molecular formula is C16H28N4O. The van der Waals surface area contributed by atoms with E-state index >= 15 is 0 Å². The van der Waals surface area contributed by atoms with Gasteiger partial charge in [0.1, 0.15) is 18.2 Å². The van der Waals surface area contributed by atoms with Crippen LogP contribution in [0.1, 0.15) is 51.8 Å². The van der Waals surface area contributed by atoms with Crippen molar-refractivity contribution in [2.75, 3.05) is 24.3 Å². The Balaban J connectivity index is 2.03. The number of nitrogens with one attached hydrogen (secondary N) is 2. The standard InChI is InChI=1S/C16H28N4O/c1-4-9-17-14-10-15(20-16(19-14)11-21-3)18-13-7-5-12(2)6-8-13/h10,12-13H,4-9,11H2,1-3H3,(H2,17,18,19,20). The molecule has 2 N–H and O–H groups in total. The van der Waals surface area contributed by atoms with E-state index in [1.54, 1.807) is 7.11 Å². The van der Waals surface area contributed by atoms with Crippen LogP contribution in [0, 0.1) is 5.92 Å². The lowest BCUT2D eigenvalue weighted by atomic mass is 9.87. The first-order valence-electron chi connectivity index (χ1n) is 8.08. The minimum Gasteiger partial charge on any atom is -0.377 e. The monoisotopic (exact) mass is 292 g/mol. The Bertz CT molecular complexity index is 430. The number of ether oxygens (including phenoxy) is 1. The van der Waals surface area contributed by atoms with Crippen LogP contribution in [0.2, 0.25) is 0 Å². The van der Waals surface area contributed by atoms with Crippen molar-refractivity contribution in [1.82, 2.24) is 9.97 Å². The summed E-state index contributed by atoms with van der Waals surface area (Å²) in [7, 11) is 1.67. The zero-order valence-corrected chi connectivity index (χ0v) is 13.5. The van der Waals surface area contributed by atoms with Crippen LogP contribution in [-0.2, 0) is 11.3 Å². The lowest BCUT2D eigenvalue weighted by Gasteiger charge is -2.27. The summed E-state index contributed by atoms with van der Waals surface area (Å²) in [5.74, 6) is 3.38. The van der Waals surface area contributed by atoms with Crippen LogP contribution in [0.5, 0.6) is 0 Å². The number of methoxy groups -OCH3 is 1. The Morgan fingerprint density at radius 2 is 1.90 bits per heavy atom. The highest BCUT2D eigenvalue weighted by atomic mass is 16.5. The Kier molecular flexibility index (Phi) is 6.23. The molecule has 1 aromatic heterocycles. The molecule has 1 aliphatic carbocycles. The summed E-state index contributed by atoms with van der Waals surface area (Å²) in [4.78, 5) is 9.04. The highest BCUT2D eigenvalue weighted by Gasteiger charge is 2.18. The Morgan fingerprint density at radius 1 is 1.19 bits per heavy atom. The van der Waals surface area contributed by atoms with Crippen molar-refractivity contribution >= 4 is 11.6 Å². The summed E-state index contributed by atoms with van der Waals surface area (Å²) in [6, 6.07) is 2.54. The number of nitrogens with zero attached hydrogens (tertiary/aromatic N) is 2. The molecule has 1 aromatic rings. The Hall–Kier alpha value is -1.36. The molecule has 0 atom stereocenters. The first-order valence-corrected chi connectivity index (χ1v) is 8.08. The van der Waals surface area contributed by atoms with E-state index in [9.17, 15) is 0 Å². The van der Waals surface area contributed by atoms with Gasteiger partial charge in [0.05, 0.1) is 0 Å². The van der Waals surface area contributed by atoms with Gasteiger partial charge in [0.25, 0.3) is 0 Å². The van der Waals surface area contributed by atoms with Crippen molar-refractivity contribution < 1.29 is 4.74 Å². The molecule has 2 rings (SSSR count). The predicted octanol–water partition coefficient (Wildman–Crippen LogP) is 3.44. The summed E-state index contributed by atoms with van der Waals surface area (Å²) in [5, 5.41) is 6.90. The van der Waals surface area contributed by atoms with Crippen LogP contribution >= 0.6 is 0 Å². The molecule has 0 saturated heterocycles. The minimum absolute atomic E-state index is 0.442. The zero-order chi connectivity index (χ0) is 15.1. The van der Waals surface area contributed by atoms with E-state index in [1.165, 1.54) is 25.7 Å². The number of rotatable bonds is 7. The first-order chi connectivity index (χ1) is 10.2. The molecule has 1 saturated carbocycles. The topological polar surface area (TPSA) is 59.1 Å². The van der Waals surface area contributed by atoms with Gasteiger partial charge < -0.3 is 15.4 Å². The molecule has 0 bridgehead atoms. The second-order valence-electron chi connectivity index (χ2n) is 6.02. The molecule has 21 heavy (non-hydrogen) atoms. The summed E-state index contributed by atoms with van der Waals surface area (Å²) >= 11 is 0. The fourth-order valence-electron chi connectivity index (χ4n) is 2.72. The highest BCUT2D eigenvalue weighted by Crippen LogP contribution is 2.26. The minimum atomic E-state index is 0.442. The van der Waals surface area contributed by atoms with Gasteiger partial charge in [0, 0.05) is 25.8 Å². The van der Waals surface area contributed by atoms with Crippen molar-refractivity contribution in [3.8, 4) is 0 Å². The molecule has 0 aromatic carbocycles. The molecule has 0 amide bonds. The average molecular weight is 292 g/mol. The molecule has 5 heteroatoms. The number of hydrogen-bond acceptors (Lipinski definition) is 5. The van der Waals surface area contributed by atoms with E-state index in [0.717, 1.165) is 36.3 Å². The quantitative estimate of drug-likeness (QED) is 0.806. The van der Waals surface area contributed by atoms with Crippen LogP contribution < -0.4 is 10.6 Å². The number of anilines is 2. The van der Waals surface area contributed by atoms with Gasteiger partial charge in [-0.1, -0.05) is 13.8 Å². The van der Waals surface area contributed by atoms with Crippen molar-refractivity contribution in [3.63, 3.8) is 0 Å².